The van der Waals surface area contributed by atoms with Gasteiger partial charge in [-0.1, -0.05) is 6.07 Å². The van der Waals surface area contributed by atoms with E-state index >= 15 is 0 Å². The first kappa shape index (κ1) is 29.3. The van der Waals surface area contributed by atoms with Crippen molar-refractivity contribution in [3.63, 3.8) is 0 Å². The topological polar surface area (TPSA) is 87.0 Å². The summed E-state index contributed by atoms with van der Waals surface area (Å²) in [4.78, 5) is 24.9. The fourth-order valence-electron chi connectivity index (χ4n) is 5.15. The van der Waals surface area contributed by atoms with Crippen molar-refractivity contribution in [3.05, 3.63) is 75.5 Å². The second kappa shape index (κ2) is 11.8. The number of esters is 1. The average molecular weight is 552 g/mol. The van der Waals surface area contributed by atoms with Crippen LogP contribution in [0, 0.1) is 25.6 Å². The number of aryl methyl sites for hydroxylation is 3. The van der Waals surface area contributed by atoms with Crippen LogP contribution in [0.25, 0.3) is 11.1 Å². The molecule has 0 atom stereocenters. The van der Waals surface area contributed by atoms with E-state index in [4.69, 9.17) is 14.2 Å². The normalized spacial score (nSPS) is 17.4. The zero-order chi connectivity index (χ0) is 29.2. The summed E-state index contributed by atoms with van der Waals surface area (Å²) in [5.41, 5.74) is 1.81. The van der Waals surface area contributed by atoms with Crippen LogP contribution in [-0.2, 0) is 22.2 Å². The van der Waals surface area contributed by atoms with Crippen LogP contribution in [0.4, 0.5) is 4.39 Å². The predicted molar refractivity (Wildman–Crippen MR) is 151 cm³/mol. The van der Waals surface area contributed by atoms with Crippen LogP contribution in [-0.4, -0.2) is 28.4 Å². The van der Waals surface area contributed by atoms with E-state index < -0.39 is 5.60 Å². The number of carbonyl (C=O) groups is 1. The van der Waals surface area contributed by atoms with Crippen molar-refractivity contribution in [3.8, 4) is 28.4 Å². The van der Waals surface area contributed by atoms with Gasteiger partial charge in [-0.2, -0.15) is 0 Å². The van der Waals surface area contributed by atoms with Crippen LogP contribution >= 0.6 is 0 Å². The van der Waals surface area contributed by atoms with Crippen molar-refractivity contribution in [2.24, 2.45) is 13.0 Å². The molecule has 8 heteroatoms. The highest BCUT2D eigenvalue weighted by Gasteiger charge is 2.29. The van der Waals surface area contributed by atoms with E-state index in [2.05, 4.69) is 0 Å². The summed E-state index contributed by atoms with van der Waals surface area (Å²) in [6.45, 7) is 9.11. The smallest absolute Gasteiger partial charge is 0.308 e. The zero-order valence-corrected chi connectivity index (χ0v) is 24.0. The lowest BCUT2D eigenvalue weighted by molar-refractivity contribution is -0.149. The molecule has 40 heavy (non-hydrogen) atoms. The molecule has 0 radical (unpaired) electrons. The lowest BCUT2D eigenvalue weighted by Crippen LogP contribution is -2.29. The summed E-state index contributed by atoms with van der Waals surface area (Å²) in [5, 5.41) is 10.8. The molecule has 1 heterocycles. The van der Waals surface area contributed by atoms with Gasteiger partial charge in [-0.05, 0) is 101 Å². The minimum absolute atomic E-state index is 0.145. The van der Waals surface area contributed by atoms with E-state index in [1.54, 1.807) is 60.0 Å². The van der Waals surface area contributed by atoms with E-state index in [1.807, 2.05) is 6.07 Å². The van der Waals surface area contributed by atoms with Gasteiger partial charge in [-0.3, -0.25) is 9.59 Å². The molecule has 3 aromatic rings. The van der Waals surface area contributed by atoms with Crippen molar-refractivity contribution in [1.82, 2.24) is 4.57 Å². The third kappa shape index (κ3) is 6.55. The minimum atomic E-state index is -1.14. The number of aromatic nitrogens is 1. The predicted octanol–water partition coefficient (Wildman–Crippen LogP) is 6.33. The largest absolute Gasteiger partial charge is 0.490 e. The van der Waals surface area contributed by atoms with Gasteiger partial charge in [0.1, 0.15) is 23.1 Å². The number of rotatable bonds is 8. The van der Waals surface area contributed by atoms with E-state index in [0.717, 1.165) is 0 Å². The molecule has 0 unspecified atom stereocenters. The van der Waals surface area contributed by atoms with Crippen LogP contribution in [0.2, 0.25) is 0 Å². The standard InChI is InChI=1S/C32H38FNO6/c1-7-38-31(36)21-8-11-24(12-9-21)39-28-17-29(35)34(6)18-26(28)25-16-22(32(4,5)37)10-13-27(25)40-30-19(2)14-23(33)15-20(30)3/h10,13-18,21,24,37H,7-9,11-12H2,1-6H3/t21-,24+. The van der Waals surface area contributed by atoms with Gasteiger partial charge < -0.3 is 23.9 Å². The molecular weight excluding hydrogens is 513 g/mol. The quantitative estimate of drug-likeness (QED) is 0.329. The van der Waals surface area contributed by atoms with Crippen molar-refractivity contribution in [1.29, 1.82) is 0 Å². The number of pyridine rings is 1. The highest BCUT2D eigenvalue weighted by atomic mass is 19.1. The van der Waals surface area contributed by atoms with Crippen molar-refractivity contribution < 1.29 is 28.5 Å². The van der Waals surface area contributed by atoms with Crippen molar-refractivity contribution in [2.75, 3.05) is 6.61 Å². The molecule has 0 spiro atoms. The van der Waals surface area contributed by atoms with Crippen LogP contribution in [0.1, 0.15) is 63.1 Å². The molecule has 1 N–H and O–H groups in total. The maximum absolute atomic E-state index is 14.0. The number of nitrogens with zero attached hydrogens (tertiary/aromatic N) is 1. The van der Waals surface area contributed by atoms with E-state index in [1.165, 1.54) is 22.8 Å². The lowest BCUT2D eigenvalue weighted by Gasteiger charge is -2.29. The van der Waals surface area contributed by atoms with Gasteiger partial charge in [0.25, 0.3) is 5.56 Å². The number of carbonyl (C=O) groups excluding carboxylic acids is 1. The zero-order valence-electron chi connectivity index (χ0n) is 24.0. The molecule has 1 aromatic heterocycles. The van der Waals surface area contributed by atoms with Crippen molar-refractivity contribution in [2.45, 2.75) is 72.0 Å². The molecule has 1 saturated carbocycles. The molecule has 2 aromatic carbocycles. The summed E-state index contributed by atoms with van der Waals surface area (Å²) >= 11 is 0. The first-order valence-corrected chi connectivity index (χ1v) is 13.7. The number of hydrogen-bond acceptors (Lipinski definition) is 6. The Labute approximate surface area is 234 Å². The number of halogens is 1. The Balaban J connectivity index is 1.75. The Morgan fingerprint density at radius 3 is 2.27 bits per heavy atom. The SMILES string of the molecule is CCOC(=O)[C@H]1CC[C@@H](Oc2cc(=O)n(C)cc2-c2cc(C(C)(C)O)ccc2Oc2c(C)cc(F)cc2C)CC1. The van der Waals surface area contributed by atoms with Gasteiger partial charge in [0, 0.05) is 30.4 Å². The summed E-state index contributed by atoms with van der Waals surface area (Å²) in [6, 6.07) is 9.67. The van der Waals surface area contributed by atoms with Crippen LogP contribution in [0.15, 0.2) is 47.4 Å². The highest BCUT2D eigenvalue weighted by Crippen LogP contribution is 2.42. The molecule has 0 aliphatic heterocycles. The molecule has 1 fully saturated rings. The number of ether oxygens (including phenoxy) is 3. The second-order valence-electron chi connectivity index (χ2n) is 11.1. The van der Waals surface area contributed by atoms with E-state index in [9.17, 15) is 19.1 Å². The Hall–Kier alpha value is -3.65. The molecule has 4 rings (SSSR count). The maximum Gasteiger partial charge on any atom is 0.308 e. The minimum Gasteiger partial charge on any atom is -0.490 e. The average Bonchev–Trinajstić information content (AvgIpc) is 2.88. The van der Waals surface area contributed by atoms with E-state index in [0.29, 0.717) is 77.4 Å². The monoisotopic (exact) mass is 551 g/mol. The fourth-order valence-corrected chi connectivity index (χ4v) is 5.15. The first-order valence-electron chi connectivity index (χ1n) is 13.7. The molecule has 7 nitrogen and oxygen atoms in total. The van der Waals surface area contributed by atoms with Gasteiger partial charge in [-0.25, -0.2) is 4.39 Å². The molecule has 0 saturated heterocycles. The molecule has 1 aliphatic rings. The maximum atomic E-state index is 14.0. The molecule has 1 aliphatic carbocycles. The number of hydrogen-bond donors (Lipinski definition) is 1. The van der Waals surface area contributed by atoms with Gasteiger partial charge >= 0.3 is 5.97 Å². The van der Waals surface area contributed by atoms with Gasteiger partial charge in [0.05, 0.1) is 24.2 Å². The summed E-state index contributed by atoms with van der Waals surface area (Å²) in [5.74, 6) is 0.739. The highest BCUT2D eigenvalue weighted by molar-refractivity contribution is 5.77. The first-order chi connectivity index (χ1) is 18.9. The summed E-state index contributed by atoms with van der Waals surface area (Å²) < 4.78 is 33.4. The van der Waals surface area contributed by atoms with Crippen LogP contribution in [0.5, 0.6) is 17.2 Å². The van der Waals surface area contributed by atoms with Crippen LogP contribution in [0.3, 0.4) is 0 Å². The Morgan fingerprint density at radius 2 is 1.68 bits per heavy atom. The Morgan fingerprint density at radius 1 is 1.02 bits per heavy atom. The third-order valence-electron chi connectivity index (χ3n) is 7.39. The van der Waals surface area contributed by atoms with Crippen LogP contribution < -0.4 is 15.0 Å². The third-order valence-corrected chi connectivity index (χ3v) is 7.39. The second-order valence-corrected chi connectivity index (χ2v) is 11.1. The lowest BCUT2D eigenvalue weighted by atomic mass is 9.87. The Bertz CT molecular complexity index is 1420. The van der Waals surface area contributed by atoms with E-state index in [-0.39, 0.29) is 29.4 Å². The molecule has 0 bridgehead atoms. The fraction of sp³-hybridized carbons (Fsp3) is 0.438. The molecular formula is C32H38FNO6. The number of aliphatic hydroxyl groups is 1. The van der Waals surface area contributed by atoms with Gasteiger partial charge in [0.2, 0.25) is 0 Å². The summed E-state index contributed by atoms with van der Waals surface area (Å²) in [7, 11) is 1.66. The summed E-state index contributed by atoms with van der Waals surface area (Å²) in [6.07, 6.45) is 4.12. The Kier molecular flexibility index (Phi) is 8.68. The van der Waals surface area contributed by atoms with Gasteiger partial charge in [-0.15, -0.1) is 0 Å². The van der Waals surface area contributed by atoms with Gasteiger partial charge in [0.15, 0.2) is 0 Å². The molecule has 214 valence electrons. The molecule has 0 amide bonds. The number of benzene rings is 2. The van der Waals surface area contributed by atoms with Crippen molar-refractivity contribution >= 4 is 5.97 Å².